The van der Waals surface area contributed by atoms with Crippen molar-refractivity contribution in [2.45, 2.75) is 13.0 Å². The van der Waals surface area contributed by atoms with E-state index in [0.29, 0.717) is 0 Å². The molecule has 4 heteroatoms. The SMILES string of the molecule is Clc1ccc2c(CNCC3CCSC3)c[nH]c2c1. The average molecular weight is 281 g/mol. The van der Waals surface area contributed by atoms with E-state index >= 15 is 0 Å². The van der Waals surface area contributed by atoms with Crippen LogP contribution in [0.5, 0.6) is 0 Å². The Morgan fingerprint density at radius 2 is 2.39 bits per heavy atom. The normalized spacial score (nSPS) is 19.7. The monoisotopic (exact) mass is 280 g/mol. The van der Waals surface area contributed by atoms with E-state index in [-0.39, 0.29) is 0 Å². The van der Waals surface area contributed by atoms with E-state index in [1.54, 1.807) is 0 Å². The fourth-order valence-corrected chi connectivity index (χ4v) is 3.92. The van der Waals surface area contributed by atoms with Crippen molar-refractivity contribution in [3.8, 4) is 0 Å². The first-order chi connectivity index (χ1) is 8.83. The first kappa shape index (κ1) is 12.4. The maximum Gasteiger partial charge on any atom is 0.0472 e. The Morgan fingerprint density at radius 3 is 3.22 bits per heavy atom. The first-order valence-electron chi connectivity index (χ1n) is 6.37. The highest BCUT2D eigenvalue weighted by molar-refractivity contribution is 7.99. The Hall–Kier alpha value is -0.640. The zero-order valence-corrected chi connectivity index (χ0v) is 11.8. The van der Waals surface area contributed by atoms with E-state index in [9.17, 15) is 0 Å². The van der Waals surface area contributed by atoms with E-state index in [0.717, 1.165) is 29.5 Å². The number of aromatic amines is 1. The van der Waals surface area contributed by atoms with Crippen LogP contribution in [0.1, 0.15) is 12.0 Å². The Kier molecular flexibility index (Phi) is 3.83. The lowest BCUT2D eigenvalue weighted by Crippen LogP contribution is -2.22. The number of rotatable bonds is 4. The molecular weight excluding hydrogens is 264 g/mol. The summed E-state index contributed by atoms with van der Waals surface area (Å²) in [6.07, 6.45) is 3.44. The van der Waals surface area contributed by atoms with Crippen LogP contribution in [0.4, 0.5) is 0 Å². The summed E-state index contributed by atoms with van der Waals surface area (Å²) in [5.41, 5.74) is 2.45. The van der Waals surface area contributed by atoms with Crippen LogP contribution in [-0.2, 0) is 6.54 Å². The number of nitrogens with one attached hydrogen (secondary N) is 2. The van der Waals surface area contributed by atoms with Gasteiger partial charge >= 0.3 is 0 Å². The molecule has 18 heavy (non-hydrogen) atoms. The molecule has 2 aromatic rings. The van der Waals surface area contributed by atoms with E-state index in [1.807, 2.05) is 12.1 Å². The molecule has 0 aliphatic carbocycles. The summed E-state index contributed by atoms with van der Waals surface area (Å²) in [6, 6.07) is 6.03. The molecule has 0 spiro atoms. The van der Waals surface area contributed by atoms with Gasteiger partial charge in [0.15, 0.2) is 0 Å². The van der Waals surface area contributed by atoms with Crippen LogP contribution in [0.15, 0.2) is 24.4 Å². The van der Waals surface area contributed by atoms with Crippen molar-refractivity contribution in [3.63, 3.8) is 0 Å². The summed E-state index contributed by atoms with van der Waals surface area (Å²) >= 11 is 8.05. The molecule has 1 saturated heterocycles. The fourth-order valence-electron chi connectivity index (χ4n) is 2.46. The highest BCUT2D eigenvalue weighted by Gasteiger charge is 2.14. The molecule has 1 aromatic heterocycles. The van der Waals surface area contributed by atoms with Gasteiger partial charge in [-0.15, -0.1) is 0 Å². The standard InChI is InChI=1S/C14H17ClN2S/c15-12-1-2-13-11(8-17-14(13)5-12)7-16-6-10-3-4-18-9-10/h1-2,5,8,10,16-17H,3-4,6-7,9H2. The number of thioether (sulfide) groups is 1. The van der Waals surface area contributed by atoms with Crippen molar-refractivity contribution >= 4 is 34.3 Å². The molecule has 2 nitrogen and oxygen atoms in total. The van der Waals surface area contributed by atoms with Crippen LogP contribution in [0.3, 0.4) is 0 Å². The molecule has 96 valence electrons. The van der Waals surface area contributed by atoms with Crippen molar-refractivity contribution in [1.29, 1.82) is 0 Å². The summed E-state index contributed by atoms with van der Waals surface area (Å²) in [5, 5.41) is 5.63. The molecule has 1 fully saturated rings. The maximum atomic E-state index is 5.98. The molecule has 2 N–H and O–H groups in total. The molecular formula is C14H17ClN2S. The second-order valence-corrected chi connectivity index (χ2v) is 6.45. The third-order valence-electron chi connectivity index (χ3n) is 3.50. The van der Waals surface area contributed by atoms with Gasteiger partial charge in [-0.05, 0) is 48.1 Å². The van der Waals surface area contributed by atoms with E-state index in [2.05, 4.69) is 34.3 Å². The van der Waals surface area contributed by atoms with Gasteiger partial charge in [-0.25, -0.2) is 0 Å². The summed E-state index contributed by atoms with van der Waals surface area (Å²) in [7, 11) is 0. The third kappa shape index (κ3) is 2.68. The van der Waals surface area contributed by atoms with Crippen molar-refractivity contribution in [2.75, 3.05) is 18.1 Å². The van der Waals surface area contributed by atoms with Crippen LogP contribution in [0.2, 0.25) is 5.02 Å². The lowest BCUT2D eigenvalue weighted by atomic mass is 10.1. The largest absolute Gasteiger partial charge is 0.361 e. The fraction of sp³-hybridized carbons (Fsp3) is 0.429. The van der Waals surface area contributed by atoms with Gasteiger partial charge < -0.3 is 10.3 Å². The maximum absolute atomic E-state index is 5.98. The number of hydrogen-bond acceptors (Lipinski definition) is 2. The minimum atomic E-state index is 0.784. The summed E-state index contributed by atoms with van der Waals surface area (Å²) in [4.78, 5) is 3.28. The predicted octanol–water partition coefficient (Wildman–Crippen LogP) is 3.66. The molecule has 1 aromatic carbocycles. The van der Waals surface area contributed by atoms with Crippen LogP contribution < -0.4 is 5.32 Å². The second kappa shape index (κ2) is 5.55. The molecule has 2 heterocycles. The van der Waals surface area contributed by atoms with E-state index < -0.39 is 0 Å². The van der Waals surface area contributed by atoms with Crippen molar-refractivity contribution in [1.82, 2.24) is 10.3 Å². The molecule has 1 unspecified atom stereocenters. The van der Waals surface area contributed by atoms with Gasteiger partial charge in [0.05, 0.1) is 0 Å². The zero-order chi connectivity index (χ0) is 12.4. The molecule has 1 atom stereocenters. The summed E-state index contributed by atoms with van der Waals surface area (Å²) < 4.78 is 0. The van der Waals surface area contributed by atoms with E-state index in [1.165, 1.54) is 28.9 Å². The summed E-state index contributed by atoms with van der Waals surface area (Å²) in [6.45, 7) is 2.07. The number of halogens is 1. The Morgan fingerprint density at radius 1 is 1.44 bits per heavy atom. The topological polar surface area (TPSA) is 27.8 Å². The minimum absolute atomic E-state index is 0.784. The zero-order valence-electron chi connectivity index (χ0n) is 10.2. The predicted molar refractivity (Wildman–Crippen MR) is 80.4 cm³/mol. The lowest BCUT2D eigenvalue weighted by Gasteiger charge is -2.09. The number of aromatic nitrogens is 1. The Labute approximate surface area is 116 Å². The van der Waals surface area contributed by atoms with Crippen molar-refractivity contribution < 1.29 is 0 Å². The van der Waals surface area contributed by atoms with Crippen molar-refractivity contribution in [2.24, 2.45) is 5.92 Å². The highest BCUT2D eigenvalue weighted by atomic mass is 35.5. The van der Waals surface area contributed by atoms with Gasteiger partial charge in [0.1, 0.15) is 0 Å². The van der Waals surface area contributed by atoms with Crippen molar-refractivity contribution in [3.05, 3.63) is 35.0 Å². The van der Waals surface area contributed by atoms with Gasteiger partial charge in [-0.1, -0.05) is 17.7 Å². The Balaban J connectivity index is 1.63. The van der Waals surface area contributed by atoms with Crippen LogP contribution in [0, 0.1) is 5.92 Å². The smallest absolute Gasteiger partial charge is 0.0472 e. The molecule has 0 saturated carbocycles. The van der Waals surface area contributed by atoms with Gasteiger partial charge in [-0.2, -0.15) is 11.8 Å². The van der Waals surface area contributed by atoms with Crippen LogP contribution in [-0.4, -0.2) is 23.0 Å². The molecule has 0 bridgehead atoms. The van der Waals surface area contributed by atoms with Gasteiger partial charge in [0, 0.05) is 28.7 Å². The second-order valence-electron chi connectivity index (χ2n) is 4.86. The van der Waals surface area contributed by atoms with E-state index in [4.69, 9.17) is 11.6 Å². The quantitative estimate of drug-likeness (QED) is 0.894. The Bertz CT molecular complexity index is 532. The number of fused-ring (bicyclic) bond motifs is 1. The number of benzene rings is 1. The molecule has 1 aliphatic rings. The number of hydrogen-bond donors (Lipinski definition) is 2. The first-order valence-corrected chi connectivity index (χ1v) is 7.90. The summed E-state index contributed by atoms with van der Waals surface area (Å²) in [5.74, 6) is 3.50. The number of H-pyrrole nitrogens is 1. The average Bonchev–Trinajstić information content (AvgIpc) is 2.99. The van der Waals surface area contributed by atoms with Gasteiger partial charge in [0.25, 0.3) is 0 Å². The van der Waals surface area contributed by atoms with Crippen LogP contribution >= 0.6 is 23.4 Å². The van der Waals surface area contributed by atoms with Gasteiger partial charge in [-0.3, -0.25) is 0 Å². The van der Waals surface area contributed by atoms with Gasteiger partial charge in [0.2, 0.25) is 0 Å². The highest BCUT2D eigenvalue weighted by Crippen LogP contribution is 2.24. The molecule has 0 amide bonds. The molecule has 0 radical (unpaired) electrons. The molecule has 1 aliphatic heterocycles. The lowest BCUT2D eigenvalue weighted by molar-refractivity contribution is 0.524. The minimum Gasteiger partial charge on any atom is -0.361 e. The third-order valence-corrected chi connectivity index (χ3v) is 4.97. The van der Waals surface area contributed by atoms with Crippen LogP contribution in [0.25, 0.3) is 10.9 Å². The molecule has 3 rings (SSSR count).